The molecule has 0 fully saturated rings. The highest BCUT2D eigenvalue weighted by molar-refractivity contribution is 6.32. The van der Waals surface area contributed by atoms with Gasteiger partial charge in [-0.05, 0) is 68.4 Å². The summed E-state index contributed by atoms with van der Waals surface area (Å²) in [6, 6.07) is 17.2. The van der Waals surface area contributed by atoms with Crippen molar-refractivity contribution in [2.75, 3.05) is 31.2 Å². The number of hydrogen-bond acceptors (Lipinski definition) is 3. The number of fused-ring (bicyclic) bond motifs is 2. The Balaban J connectivity index is 0.00000405. The Bertz CT molecular complexity index is 1460. The lowest BCUT2D eigenvalue weighted by atomic mass is 9.81. The molecule has 0 bridgehead atoms. The molecule has 5 rings (SSSR count). The predicted molar refractivity (Wildman–Crippen MR) is 172 cm³/mol. The maximum absolute atomic E-state index is 9.56. The van der Waals surface area contributed by atoms with Gasteiger partial charge in [-0.3, -0.25) is 0 Å². The molecule has 0 saturated carbocycles. The molecular formula is C36H44Cl2N2O2. The highest BCUT2D eigenvalue weighted by Gasteiger charge is 2.44. The van der Waals surface area contributed by atoms with E-state index in [2.05, 4.69) is 110 Å². The standard InChI is InChI=1S/C36H44ClN2O2.ClH/c1-35(2)28-14-5-7-16-30(28)38(22-10-24-40)32(35)20-18-26-12-9-13-27(34(26)37)19-21-33-36(3,4)29-15-6-8-17-31(29)39(33)23-11-25-41;/h5-8,14-21,40-41H,9-13,22-25H2,1-4H3;1H/q+1;/p-1. The second-order valence-corrected chi connectivity index (χ2v) is 12.8. The molecule has 0 atom stereocenters. The smallest absolute Gasteiger partial charge is 0.209 e. The molecule has 0 aromatic heterocycles. The van der Waals surface area contributed by atoms with E-state index >= 15 is 0 Å². The number of rotatable bonds is 9. The summed E-state index contributed by atoms with van der Waals surface area (Å²) in [5, 5.41) is 20.0. The Kier molecular flexibility index (Phi) is 10.3. The maximum Gasteiger partial charge on any atom is 0.209 e. The van der Waals surface area contributed by atoms with Crippen LogP contribution < -0.4 is 17.3 Å². The van der Waals surface area contributed by atoms with Gasteiger partial charge < -0.3 is 27.5 Å². The quantitative estimate of drug-likeness (QED) is 0.408. The first-order valence-electron chi connectivity index (χ1n) is 15.0. The van der Waals surface area contributed by atoms with Gasteiger partial charge in [0, 0.05) is 65.7 Å². The molecule has 2 N–H and O–H groups in total. The minimum absolute atomic E-state index is 0. The normalized spacial score (nSPS) is 21.0. The minimum Gasteiger partial charge on any atom is -1.00 e. The lowest BCUT2D eigenvalue weighted by molar-refractivity contribution is -0.438. The Morgan fingerprint density at radius 3 is 2.29 bits per heavy atom. The first-order chi connectivity index (χ1) is 19.7. The van der Waals surface area contributed by atoms with Crippen LogP contribution in [-0.2, 0) is 10.8 Å². The van der Waals surface area contributed by atoms with Gasteiger partial charge in [0.25, 0.3) is 0 Å². The Morgan fingerprint density at radius 2 is 1.55 bits per heavy atom. The fourth-order valence-corrected chi connectivity index (χ4v) is 7.10. The lowest BCUT2D eigenvalue weighted by Crippen LogP contribution is -3.00. The molecule has 3 aliphatic rings. The van der Waals surface area contributed by atoms with E-state index in [1.54, 1.807) is 0 Å². The first kappa shape index (κ1) is 32.3. The van der Waals surface area contributed by atoms with E-state index in [0.29, 0.717) is 0 Å². The molecule has 0 radical (unpaired) electrons. The van der Waals surface area contributed by atoms with E-state index < -0.39 is 0 Å². The van der Waals surface area contributed by atoms with Gasteiger partial charge in [-0.15, -0.1) is 0 Å². The summed E-state index contributed by atoms with van der Waals surface area (Å²) in [7, 11) is 0. The summed E-state index contributed by atoms with van der Waals surface area (Å²) in [6.45, 7) is 11.0. The van der Waals surface area contributed by atoms with E-state index in [1.165, 1.54) is 45.1 Å². The highest BCUT2D eigenvalue weighted by Crippen LogP contribution is 2.48. The number of hydrogen-bond donors (Lipinski definition) is 2. The summed E-state index contributed by atoms with van der Waals surface area (Å²) in [5.41, 5.74) is 9.67. The molecule has 1 aliphatic carbocycles. The van der Waals surface area contributed by atoms with Crippen molar-refractivity contribution in [2.24, 2.45) is 0 Å². The van der Waals surface area contributed by atoms with E-state index in [1.807, 2.05) is 0 Å². The molecule has 2 heterocycles. The fraction of sp³-hybridized carbons (Fsp3) is 0.417. The molecule has 42 heavy (non-hydrogen) atoms. The van der Waals surface area contributed by atoms with E-state index in [-0.39, 0.29) is 36.5 Å². The van der Waals surface area contributed by atoms with Gasteiger partial charge in [-0.2, -0.15) is 4.58 Å². The first-order valence-corrected chi connectivity index (χ1v) is 15.4. The number of benzene rings is 2. The average Bonchev–Trinajstić information content (AvgIpc) is 3.32. The maximum atomic E-state index is 9.56. The number of para-hydroxylation sites is 2. The van der Waals surface area contributed by atoms with Crippen molar-refractivity contribution in [2.45, 2.75) is 70.6 Å². The Morgan fingerprint density at radius 1 is 0.857 bits per heavy atom. The SMILES string of the molecule is CC1(C)C(/C=C/C2=C(Cl)C(=C/C=C3/N(CCCO)c4ccccc4C3(C)C)/CCC2)=[N+](CCCO)c2ccccc21.[Cl-]. The number of aliphatic hydroxyl groups is 2. The van der Waals surface area contributed by atoms with Crippen LogP contribution in [0.3, 0.4) is 0 Å². The monoisotopic (exact) mass is 606 g/mol. The lowest BCUT2D eigenvalue weighted by Gasteiger charge is -2.27. The van der Waals surface area contributed by atoms with E-state index in [4.69, 9.17) is 11.6 Å². The molecule has 4 nitrogen and oxygen atoms in total. The fourth-order valence-electron chi connectivity index (χ4n) is 6.79. The number of halogens is 2. The van der Waals surface area contributed by atoms with Gasteiger partial charge in [0.15, 0.2) is 12.3 Å². The van der Waals surface area contributed by atoms with Crippen LogP contribution in [0.25, 0.3) is 0 Å². The number of nitrogens with zero attached hydrogens (tertiary/aromatic N) is 2. The number of anilines is 1. The van der Waals surface area contributed by atoms with E-state index in [0.717, 1.165) is 50.2 Å². The van der Waals surface area contributed by atoms with Crippen LogP contribution in [0.2, 0.25) is 0 Å². The van der Waals surface area contributed by atoms with Crippen molar-refractivity contribution < 1.29 is 27.2 Å². The minimum atomic E-state index is -0.131. The summed E-state index contributed by atoms with van der Waals surface area (Å²) >= 11 is 7.11. The van der Waals surface area contributed by atoms with Crippen molar-refractivity contribution in [1.82, 2.24) is 0 Å². The van der Waals surface area contributed by atoms with Crippen molar-refractivity contribution >= 4 is 28.7 Å². The second-order valence-electron chi connectivity index (χ2n) is 12.4. The third-order valence-corrected chi connectivity index (χ3v) is 9.50. The third kappa shape index (κ3) is 5.92. The topological polar surface area (TPSA) is 46.7 Å². The van der Waals surface area contributed by atoms with Crippen LogP contribution >= 0.6 is 11.6 Å². The van der Waals surface area contributed by atoms with Gasteiger partial charge in [0.05, 0.1) is 5.41 Å². The Hall–Kier alpha value is -2.63. The molecule has 6 heteroatoms. The van der Waals surface area contributed by atoms with Crippen LogP contribution in [0.5, 0.6) is 0 Å². The zero-order valence-corrected chi connectivity index (χ0v) is 26.8. The van der Waals surface area contributed by atoms with Crippen molar-refractivity contribution in [1.29, 1.82) is 0 Å². The molecule has 0 unspecified atom stereocenters. The van der Waals surface area contributed by atoms with Crippen LogP contribution in [-0.4, -0.2) is 46.8 Å². The molecule has 2 aromatic carbocycles. The van der Waals surface area contributed by atoms with Crippen LogP contribution in [0, 0.1) is 0 Å². The molecule has 0 saturated heterocycles. The van der Waals surface area contributed by atoms with Crippen molar-refractivity contribution in [3.05, 3.63) is 106 Å². The zero-order valence-electron chi connectivity index (χ0n) is 25.3. The van der Waals surface area contributed by atoms with Gasteiger partial charge in [-0.25, -0.2) is 0 Å². The summed E-state index contributed by atoms with van der Waals surface area (Å²) in [6.07, 6.45) is 13.4. The average molecular weight is 608 g/mol. The summed E-state index contributed by atoms with van der Waals surface area (Å²) in [5.74, 6) is 0. The van der Waals surface area contributed by atoms with Gasteiger partial charge >= 0.3 is 0 Å². The summed E-state index contributed by atoms with van der Waals surface area (Å²) < 4.78 is 2.36. The zero-order chi connectivity index (χ0) is 29.2. The van der Waals surface area contributed by atoms with Crippen LogP contribution in [0.4, 0.5) is 11.4 Å². The molecule has 224 valence electrons. The molecular weight excluding hydrogens is 563 g/mol. The number of aliphatic hydroxyl groups excluding tert-OH is 2. The highest BCUT2D eigenvalue weighted by atomic mass is 35.5. The molecule has 0 amide bonds. The van der Waals surface area contributed by atoms with Gasteiger partial charge in [-0.1, -0.05) is 74.0 Å². The third-order valence-electron chi connectivity index (χ3n) is 9.02. The van der Waals surface area contributed by atoms with Crippen molar-refractivity contribution in [3.8, 4) is 0 Å². The largest absolute Gasteiger partial charge is 1.00 e. The van der Waals surface area contributed by atoms with Gasteiger partial charge in [0.2, 0.25) is 5.69 Å². The summed E-state index contributed by atoms with van der Waals surface area (Å²) in [4.78, 5) is 2.36. The van der Waals surface area contributed by atoms with Gasteiger partial charge in [0.1, 0.15) is 0 Å². The predicted octanol–water partition coefficient (Wildman–Crippen LogP) is 4.67. The molecule has 2 aliphatic heterocycles. The van der Waals surface area contributed by atoms with E-state index in [9.17, 15) is 10.2 Å². The second kappa shape index (κ2) is 13.3. The van der Waals surface area contributed by atoms with Crippen LogP contribution in [0.1, 0.15) is 70.9 Å². The Labute approximate surface area is 262 Å². The molecule has 2 aromatic rings. The molecule has 0 spiro atoms. The van der Waals surface area contributed by atoms with Crippen molar-refractivity contribution in [3.63, 3.8) is 0 Å². The van der Waals surface area contributed by atoms with Crippen LogP contribution in [0.15, 0.2) is 94.7 Å². The number of allylic oxidation sites excluding steroid dienone is 8.